The third-order valence-electron chi connectivity index (χ3n) is 6.19. The zero-order valence-electron chi connectivity index (χ0n) is 15.3. The van der Waals surface area contributed by atoms with Crippen LogP contribution in [-0.4, -0.2) is 9.67 Å². The van der Waals surface area contributed by atoms with Crippen molar-refractivity contribution in [2.75, 3.05) is 0 Å². The smallest absolute Gasteiger partial charge is 0.227 e. The first-order valence-electron chi connectivity index (χ1n) is 9.57. The van der Waals surface area contributed by atoms with E-state index in [-0.39, 0.29) is 0 Å². The van der Waals surface area contributed by atoms with Crippen LogP contribution >= 0.6 is 0 Å². The number of aryl methyl sites for hydroxylation is 1. The van der Waals surface area contributed by atoms with Crippen LogP contribution in [0.15, 0.2) is 78.9 Å². The molecule has 7 aromatic rings. The second kappa shape index (κ2) is 4.76. The van der Waals surface area contributed by atoms with Crippen LogP contribution in [0.1, 0.15) is 0 Å². The number of rotatable bonds is 0. The molecule has 0 unspecified atom stereocenters. The molecule has 0 saturated carbocycles. The number of fused-ring (bicyclic) bond motifs is 5. The highest BCUT2D eigenvalue weighted by molar-refractivity contribution is 6.29. The highest BCUT2D eigenvalue weighted by Gasteiger charge is 2.21. The van der Waals surface area contributed by atoms with E-state index >= 15 is 0 Å². The maximum atomic E-state index is 5.18. The van der Waals surface area contributed by atoms with Gasteiger partial charge in [0.25, 0.3) is 0 Å². The molecule has 0 radical (unpaired) electrons. The lowest BCUT2D eigenvalue weighted by Gasteiger charge is -2.08. The van der Waals surface area contributed by atoms with E-state index in [0.29, 0.717) is 0 Å². The Balaban J connectivity index is 1.84. The second-order valence-corrected chi connectivity index (χ2v) is 7.60. The van der Waals surface area contributed by atoms with Gasteiger partial charge in [-0.05, 0) is 33.7 Å². The molecule has 0 atom stereocenters. The molecular formula is C25H16N3+. The molecule has 2 aromatic heterocycles. The van der Waals surface area contributed by atoms with Crippen molar-refractivity contribution in [2.45, 2.75) is 0 Å². The predicted molar refractivity (Wildman–Crippen MR) is 115 cm³/mol. The van der Waals surface area contributed by atoms with Crippen LogP contribution in [-0.2, 0) is 7.05 Å². The Labute approximate surface area is 160 Å². The van der Waals surface area contributed by atoms with Gasteiger partial charge in [-0.2, -0.15) is 0 Å². The van der Waals surface area contributed by atoms with Gasteiger partial charge in [0, 0.05) is 16.8 Å². The number of nitrogens with zero attached hydrogens (tertiary/aromatic N) is 3. The summed E-state index contributed by atoms with van der Waals surface area (Å²) in [7, 11) is 2.13. The Hall–Kier alpha value is -3.72. The Morgan fingerprint density at radius 2 is 1.39 bits per heavy atom. The van der Waals surface area contributed by atoms with Crippen molar-refractivity contribution < 1.29 is 4.52 Å². The maximum Gasteiger partial charge on any atom is 0.308 e. The zero-order valence-corrected chi connectivity index (χ0v) is 15.3. The van der Waals surface area contributed by atoms with Crippen LogP contribution in [0, 0.1) is 0 Å². The summed E-state index contributed by atoms with van der Waals surface area (Å²) in [4.78, 5) is 0. The minimum Gasteiger partial charge on any atom is -0.227 e. The molecule has 3 heteroatoms. The largest absolute Gasteiger partial charge is 0.308 e. The molecule has 0 N–H and O–H groups in total. The first kappa shape index (κ1) is 14.4. The summed E-state index contributed by atoms with van der Waals surface area (Å²) in [6.45, 7) is 0. The van der Waals surface area contributed by atoms with Gasteiger partial charge in [-0.15, -0.1) is 0 Å². The molecule has 28 heavy (non-hydrogen) atoms. The molecular weight excluding hydrogens is 342 g/mol. The molecule has 0 fully saturated rings. The third-order valence-corrected chi connectivity index (χ3v) is 6.19. The second-order valence-electron chi connectivity index (χ2n) is 7.60. The fourth-order valence-corrected chi connectivity index (χ4v) is 4.93. The van der Waals surface area contributed by atoms with Crippen molar-refractivity contribution in [3.8, 4) is 0 Å². The van der Waals surface area contributed by atoms with Gasteiger partial charge < -0.3 is 0 Å². The Bertz CT molecular complexity index is 1710. The maximum absolute atomic E-state index is 5.18. The summed E-state index contributed by atoms with van der Waals surface area (Å²) >= 11 is 0. The van der Waals surface area contributed by atoms with Crippen LogP contribution in [0.25, 0.3) is 59.9 Å². The highest BCUT2D eigenvalue weighted by atomic mass is 15.3. The molecule has 130 valence electrons. The summed E-state index contributed by atoms with van der Waals surface area (Å²) in [5.74, 6) is 0. The number of benzene rings is 4. The van der Waals surface area contributed by atoms with E-state index in [0.717, 1.165) is 16.7 Å². The minimum absolute atomic E-state index is 1.07. The van der Waals surface area contributed by atoms with Gasteiger partial charge in [0.15, 0.2) is 5.52 Å². The van der Waals surface area contributed by atoms with Crippen molar-refractivity contribution >= 4 is 59.9 Å². The SMILES string of the molecule is Cn1c2cccc3cccc(c32)[n+]2nc3c(cc12)c1cccc2cccc3c21. The van der Waals surface area contributed by atoms with Crippen molar-refractivity contribution in [3.63, 3.8) is 0 Å². The van der Waals surface area contributed by atoms with Gasteiger partial charge >= 0.3 is 5.65 Å². The Morgan fingerprint density at radius 1 is 0.714 bits per heavy atom. The zero-order chi connectivity index (χ0) is 18.4. The molecule has 0 aliphatic heterocycles. The normalized spacial score (nSPS) is 12.5. The molecule has 7 rings (SSSR count). The van der Waals surface area contributed by atoms with Crippen LogP contribution in [0.5, 0.6) is 0 Å². The molecule has 5 aromatic carbocycles. The van der Waals surface area contributed by atoms with Crippen molar-refractivity contribution in [2.24, 2.45) is 7.05 Å². The van der Waals surface area contributed by atoms with Crippen molar-refractivity contribution in [3.05, 3.63) is 78.9 Å². The fourth-order valence-electron chi connectivity index (χ4n) is 4.93. The fraction of sp³-hybridized carbons (Fsp3) is 0.0400. The van der Waals surface area contributed by atoms with E-state index in [2.05, 4.69) is 95.0 Å². The van der Waals surface area contributed by atoms with E-state index in [1.165, 1.54) is 43.2 Å². The molecule has 0 saturated heterocycles. The molecule has 3 nitrogen and oxygen atoms in total. The highest BCUT2D eigenvalue weighted by Crippen LogP contribution is 2.37. The van der Waals surface area contributed by atoms with Crippen LogP contribution in [0.3, 0.4) is 0 Å². The van der Waals surface area contributed by atoms with Gasteiger partial charge in [0.05, 0.1) is 12.4 Å². The summed E-state index contributed by atoms with van der Waals surface area (Å²) in [5, 5.41) is 14.0. The summed E-state index contributed by atoms with van der Waals surface area (Å²) < 4.78 is 4.37. The molecule has 0 bridgehead atoms. The van der Waals surface area contributed by atoms with Crippen LogP contribution in [0.4, 0.5) is 0 Å². The summed E-state index contributed by atoms with van der Waals surface area (Å²) in [6.07, 6.45) is 0. The number of aromatic nitrogens is 3. The molecule has 0 spiro atoms. The summed E-state index contributed by atoms with van der Waals surface area (Å²) in [6, 6.07) is 28.3. The average molecular weight is 358 g/mol. The number of hydrogen-bond donors (Lipinski definition) is 0. The van der Waals surface area contributed by atoms with Crippen LogP contribution < -0.4 is 4.52 Å². The first-order valence-corrected chi connectivity index (χ1v) is 9.57. The van der Waals surface area contributed by atoms with E-state index in [4.69, 9.17) is 5.10 Å². The van der Waals surface area contributed by atoms with E-state index < -0.39 is 0 Å². The predicted octanol–water partition coefficient (Wildman–Crippen LogP) is 5.36. The lowest BCUT2D eigenvalue weighted by molar-refractivity contribution is -0.552. The van der Waals surface area contributed by atoms with Gasteiger partial charge in [-0.25, -0.2) is 4.57 Å². The topological polar surface area (TPSA) is 21.9 Å². The van der Waals surface area contributed by atoms with E-state index in [9.17, 15) is 0 Å². The quantitative estimate of drug-likeness (QED) is 0.203. The van der Waals surface area contributed by atoms with E-state index in [1.807, 2.05) is 0 Å². The molecule has 0 amide bonds. The van der Waals surface area contributed by atoms with Crippen molar-refractivity contribution in [1.82, 2.24) is 9.67 Å². The third kappa shape index (κ3) is 1.57. The van der Waals surface area contributed by atoms with Gasteiger partial charge in [0.2, 0.25) is 0 Å². The first-order chi connectivity index (χ1) is 13.8. The Morgan fingerprint density at radius 3 is 2.21 bits per heavy atom. The number of hydrogen-bond acceptors (Lipinski definition) is 1. The Kier molecular flexibility index (Phi) is 2.44. The lowest BCUT2D eigenvalue weighted by atomic mass is 10.1. The molecule has 0 aliphatic carbocycles. The van der Waals surface area contributed by atoms with E-state index in [1.54, 1.807) is 0 Å². The monoisotopic (exact) mass is 358 g/mol. The van der Waals surface area contributed by atoms with Gasteiger partial charge in [0.1, 0.15) is 11.0 Å². The standard InChI is InChI=1S/C25H16N3/c1-27-20-12-4-8-16-9-5-13-21(24(16)20)28-22(27)14-19-17-10-2-6-15-7-3-11-18(23(15)17)25(19)26-28/h2-14H,1H3/q+1. The molecule has 0 aliphatic rings. The lowest BCUT2D eigenvalue weighted by Crippen LogP contribution is -2.31. The summed E-state index contributed by atoms with van der Waals surface area (Å²) in [5.41, 5.74) is 4.53. The molecule has 2 heterocycles. The van der Waals surface area contributed by atoms with Crippen LogP contribution in [0.2, 0.25) is 0 Å². The van der Waals surface area contributed by atoms with Crippen molar-refractivity contribution in [1.29, 1.82) is 0 Å². The minimum atomic E-state index is 1.07. The van der Waals surface area contributed by atoms with Gasteiger partial charge in [-0.1, -0.05) is 70.3 Å². The van der Waals surface area contributed by atoms with Gasteiger partial charge in [-0.3, -0.25) is 0 Å². The average Bonchev–Trinajstić information content (AvgIpc) is 3.06.